The van der Waals surface area contributed by atoms with Gasteiger partial charge in [-0.2, -0.15) is 0 Å². The summed E-state index contributed by atoms with van der Waals surface area (Å²) < 4.78 is 0. The van der Waals surface area contributed by atoms with Gasteiger partial charge < -0.3 is 10.0 Å². The van der Waals surface area contributed by atoms with Crippen LogP contribution in [0.4, 0.5) is 0 Å². The van der Waals surface area contributed by atoms with Gasteiger partial charge in [0, 0.05) is 18.1 Å². The van der Waals surface area contributed by atoms with E-state index < -0.39 is 0 Å². The zero-order valence-electron chi connectivity index (χ0n) is 10.8. The van der Waals surface area contributed by atoms with Crippen molar-refractivity contribution < 1.29 is 9.90 Å². The van der Waals surface area contributed by atoms with Crippen molar-refractivity contribution in [2.24, 2.45) is 0 Å². The Bertz CT molecular complexity index is 481. The fourth-order valence-electron chi connectivity index (χ4n) is 2.96. The Balaban J connectivity index is 1.80. The Labute approximate surface area is 118 Å². The van der Waals surface area contributed by atoms with Crippen LogP contribution >= 0.6 is 11.6 Å². The summed E-state index contributed by atoms with van der Waals surface area (Å²) in [6.45, 7) is 1.25. The summed E-state index contributed by atoms with van der Waals surface area (Å²) in [6, 6.07) is 7.59. The first-order chi connectivity index (χ1) is 9.12. The van der Waals surface area contributed by atoms with Crippen LogP contribution in [0.1, 0.15) is 31.2 Å². The number of hydrogen-bond acceptors (Lipinski definition) is 2. The number of carbonyl (C=O) groups excluding carboxylic acids is 1. The molecule has 1 saturated heterocycles. The number of likely N-dealkylation sites (tertiary alicyclic amines) is 1. The number of amides is 1. The summed E-state index contributed by atoms with van der Waals surface area (Å²) in [5, 5.41) is 10.4. The van der Waals surface area contributed by atoms with Crippen molar-refractivity contribution in [2.45, 2.75) is 37.2 Å². The second kappa shape index (κ2) is 4.80. The second-order valence-electron chi connectivity index (χ2n) is 5.64. The maximum atomic E-state index is 12.7. The van der Waals surface area contributed by atoms with Crippen LogP contribution in [0, 0.1) is 0 Å². The number of halogens is 1. The fourth-order valence-corrected chi connectivity index (χ4v) is 3.09. The van der Waals surface area contributed by atoms with Crippen LogP contribution in [-0.4, -0.2) is 35.1 Å². The third kappa shape index (κ3) is 2.37. The highest BCUT2D eigenvalue weighted by molar-refractivity contribution is 6.30. The van der Waals surface area contributed by atoms with E-state index in [2.05, 4.69) is 0 Å². The Morgan fingerprint density at radius 3 is 2.58 bits per heavy atom. The standard InChI is InChI=1S/C15H18ClNO2/c16-12-5-3-11(4-6-12)15(7-8-15)14(19)17-9-1-2-13(18)10-17/h3-6,13,18H,1-2,7-10H2/t13-/m0/s1. The van der Waals surface area contributed by atoms with Gasteiger partial charge in [0.1, 0.15) is 0 Å². The van der Waals surface area contributed by atoms with Crippen molar-refractivity contribution in [3.8, 4) is 0 Å². The topological polar surface area (TPSA) is 40.5 Å². The Hall–Kier alpha value is -1.06. The summed E-state index contributed by atoms with van der Waals surface area (Å²) in [7, 11) is 0. The van der Waals surface area contributed by atoms with E-state index in [4.69, 9.17) is 11.6 Å². The van der Waals surface area contributed by atoms with Crippen LogP contribution in [0.15, 0.2) is 24.3 Å². The van der Waals surface area contributed by atoms with Crippen molar-refractivity contribution in [3.05, 3.63) is 34.9 Å². The number of piperidine rings is 1. The lowest BCUT2D eigenvalue weighted by Crippen LogP contribution is -2.46. The van der Waals surface area contributed by atoms with Gasteiger partial charge in [-0.3, -0.25) is 4.79 Å². The van der Waals surface area contributed by atoms with E-state index in [9.17, 15) is 9.90 Å². The molecular weight excluding hydrogens is 262 g/mol. The number of aliphatic hydroxyl groups is 1. The summed E-state index contributed by atoms with van der Waals surface area (Å²) >= 11 is 5.90. The average Bonchev–Trinajstić information content (AvgIpc) is 3.20. The second-order valence-corrected chi connectivity index (χ2v) is 6.07. The first-order valence-corrected chi connectivity index (χ1v) is 7.23. The molecule has 1 atom stereocenters. The highest BCUT2D eigenvalue weighted by atomic mass is 35.5. The zero-order valence-corrected chi connectivity index (χ0v) is 11.6. The van der Waals surface area contributed by atoms with Gasteiger partial charge in [-0.1, -0.05) is 23.7 Å². The van der Waals surface area contributed by atoms with Crippen LogP contribution in [0.3, 0.4) is 0 Å². The molecule has 19 heavy (non-hydrogen) atoms. The molecule has 1 aromatic rings. The van der Waals surface area contributed by atoms with Crippen LogP contribution < -0.4 is 0 Å². The van der Waals surface area contributed by atoms with Crippen LogP contribution in [0.25, 0.3) is 0 Å². The first kappa shape index (κ1) is 12.9. The summed E-state index contributed by atoms with van der Waals surface area (Å²) in [6.07, 6.45) is 3.14. The SMILES string of the molecule is O=C(N1CCC[C@H](O)C1)C1(c2ccc(Cl)cc2)CC1. The van der Waals surface area contributed by atoms with Gasteiger partial charge in [0.05, 0.1) is 11.5 Å². The molecule has 3 rings (SSSR count). The number of carbonyl (C=O) groups is 1. The fraction of sp³-hybridized carbons (Fsp3) is 0.533. The average molecular weight is 280 g/mol. The molecule has 1 N–H and O–H groups in total. The minimum absolute atomic E-state index is 0.175. The van der Waals surface area contributed by atoms with Gasteiger partial charge in [-0.25, -0.2) is 0 Å². The summed E-state index contributed by atoms with van der Waals surface area (Å²) in [5.41, 5.74) is 0.712. The lowest BCUT2D eigenvalue weighted by molar-refractivity contribution is -0.137. The van der Waals surface area contributed by atoms with Crippen LogP contribution in [0.2, 0.25) is 5.02 Å². The predicted octanol–water partition coefficient (Wildman–Crippen LogP) is 2.35. The van der Waals surface area contributed by atoms with Crippen molar-refractivity contribution in [1.82, 2.24) is 4.90 Å². The molecule has 0 bridgehead atoms. The largest absolute Gasteiger partial charge is 0.391 e. The molecule has 1 aromatic carbocycles. The number of aliphatic hydroxyl groups excluding tert-OH is 1. The molecule has 1 aliphatic heterocycles. The van der Waals surface area contributed by atoms with Gasteiger partial charge in [0.2, 0.25) is 5.91 Å². The zero-order chi connectivity index (χ0) is 13.5. The molecule has 3 nitrogen and oxygen atoms in total. The van der Waals surface area contributed by atoms with E-state index in [0.717, 1.165) is 37.8 Å². The molecule has 2 fully saturated rings. The van der Waals surface area contributed by atoms with Crippen molar-refractivity contribution >= 4 is 17.5 Å². The predicted molar refractivity (Wildman–Crippen MR) is 74.2 cm³/mol. The molecule has 4 heteroatoms. The quantitative estimate of drug-likeness (QED) is 0.903. The number of rotatable bonds is 2. The Morgan fingerprint density at radius 2 is 2.00 bits per heavy atom. The van der Waals surface area contributed by atoms with E-state index in [1.807, 2.05) is 29.2 Å². The highest BCUT2D eigenvalue weighted by Crippen LogP contribution is 2.50. The highest BCUT2D eigenvalue weighted by Gasteiger charge is 2.53. The monoisotopic (exact) mass is 279 g/mol. The number of hydrogen-bond donors (Lipinski definition) is 1. The van der Waals surface area contributed by atoms with E-state index in [1.165, 1.54) is 0 Å². The third-order valence-electron chi connectivity index (χ3n) is 4.24. The molecule has 1 saturated carbocycles. The first-order valence-electron chi connectivity index (χ1n) is 6.85. The molecular formula is C15H18ClNO2. The molecule has 1 amide bonds. The Kier molecular flexibility index (Phi) is 3.27. The minimum Gasteiger partial charge on any atom is -0.391 e. The molecule has 1 heterocycles. The van der Waals surface area contributed by atoms with E-state index >= 15 is 0 Å². The van der Waals surface area contributed by atoms with Crippen LogP contribution in [0.5, 0.6) is 0 Å². The van der Waals surface area contributed by atoms with E-state index in [1.54, 1.807) is 0 Å². The lowest BCUT2D eigenvalue weighted by Gasteiger charge is -2.33. The van der Waals surface area contributed by atoms with Gasteiger partial charge in [0.25, 0.3) is 0 Å². The molecule has 0 unspecified atom stereocenters. The smallest absolute Gasteiger partial charge is 0.233 e. The maximum absolute atomic E-state index is 12.7. The summed E-state index contributed by atoms with van der Waals surface area (Å²) in [5.74, 6) is 0.175. The van der Waals surface area contributed by atoms with E-state index in [0.29, 0.717) is 11.6 Å². The minimum atomic E-state index is -0.362. The van der Waals surface area contributed by atoms with Crippen LogP contribution in [-0.2, 0) is 10.2 Å². The Morgan fingerprint density at radius 1 is 1.32 bits per heavy atom. The molecule has 0 radical (unpaired) electrons. The number of nitrogens with zero attached hydrogens (tertiary/aromatic N) is 1. The molecule has 102 valence electrons. The van der Waals surface area contributed by atoms with Gasteiger partial charge in [-0.15, -0.1) is 0 Å². The third-order valence-corrected chi connectivity index (χ3v) is 4.49. The van der Waals surface area contributed by atoms with Gasteiger partial charge in [-0.05, 0) is 43.4 Å². The number of benzene rings is 1. The van der Waals surface area contributed by atoms with Crippen molar-refractivity contribution in [2.75, 3.05) is 13.1 Å². The molecule has 0 spiro atoms. The van der Waals surface area contributed by atoms with Gasteiger partial charge in [0.15, 0.2) is 0 Å². The van der Waals surface area contributed by atoms with Gasteiger partial charge >= 0.3 is 0 Å². The molecule has 0 aromatic heterocycles. The molecule has 1 aliphatic carbocycles. The maximum Gasteiger partial charge on any atom is 0.233 e. The molecule has 2 aliphatic rings. The van der Waals surface area contributed by atoms with Crippen molar-refractivity contribution in [1.29, 1.82) is 0 Å². The normalized spacial score (nSPS) is 25.2. The number of β-amino-alcohol motifs (C(OH)–C–C–N with tert-alkyl or cyclic N) is 1. The van der Waals surface area contributed by atoms with Crippen molar-refractivity contribution in [3.63, 3.8) is 0 Å². The summed E-state index contributed by atoms with van der Waals surface area (Å²) in [4.78, 5) is 14.5. The lowest BCUT2D eigenvalue weighted by atomic mass is 9.93. The van der Waals surface area contributed by atoms with E-state index in [-0.39, 0.29) is 17.4 Å².